The Morgan fingerprint density at radius 1 is 1.42 bits per heavy atom. The van der Waals surface area contributed by atoms with Crippen molar-refractivity contribution in [2.75, 3.05) is 7.05 Å². The summed E-state index contributed by atoms with van der Waals surface area (Å²) in [6.45, 7) is 4.37. The summed E-state index contributed by atoms with van der Waals surface area (Å²) in [7, 11) is 1.93. The Kier molecular flexibility index (Phi) is 4.46. The van der Waals surface area contributed by atoms with Gasteiger partial charge in [0, 0.05) is 18.0 Å². The second kappa shape index (κ2) is 5.91. The van der Waals surface area contributed by atoms with E-state index in [1.54, 1.807) is 12.1 Å². The summed E-state index contributed by atoms with van der Waals surface area (Å²) < 4.78 is 19.5. The highest BCUT2D eigenvalue weighted by Gasteiger charge is 2.36. The third kappa shape index (κ3) is 3.27. The molecule has 1 N–H and O–H groups in total. The highest BCUT2D eigenvalue weighted by molar-refractivity contribution is 5.39. The molecule has 3 heteroatoms. The van der Waals surface area contributed by atoms with E-state index in [2.05, 4.69) is 19.2 Å². The molecule has 0 bridgehead atoms. The molecule has 0 amide bonds. The van der Waals surface area contributed by atoms with Gasteiger partial charge in [-0.2, -0.15) is 0 Å². The van der Waals surface area contributed by atoms with Gasteiger partial charge >= 0.3 is 0 Å². The molecular formula is C16H24FNO. The molecule has 2 unspecified atom stereocenters. The van der Waals surface area contributed by atoms with Crippen molar-refractivity contribution in [3.63, 3.8) is 0 Å². The van der Waals surface area contributed by atoms with Gasteiger partial charge in [0.2, 0.25) is 0 Å². The van der Waals surface area contributed by atoms with E-state index in [0.717, 1.165) is 24.2 Å². The maximum Gasteiger partial charge on any atom is 0.125 e. The number of unbranched alkanes of at least 4 members (excludes halogenated alkanes) is 2. The lowest BCUT2D eigenvalue weighted by molar-refractivity contribution is 0.0383. The quantitative estimate of drug-likeness (QED) is 0.805. The van der Waals surface area contributed by atoms with Crippen LogP contribution in [0.1, 0.15) is 57.6 Å². The van der Waals surface area contributed by atoms with E-state index in [1.807, 2.05) is 7.05 Å². The van der Waals surface area contributed by atoms with Crippen molar-refractivity contribution in [3.05, 3.63) is 29.6 Å². The highest BCUT2D eigenvalue weighted by atomic mass is 19.1. The van der Waals surface area contributed by atoms with Crippen molar-refractivity contribution in [1.29, 1.82) is 0 Å². The van der Waals surface area contributed by atoms with Gasteiger partial charge in [-0.3, -0.25) is 0 Å². The number of fused-ring (bicyclic) bond motifs is 1. The minimum absolute atomic E-state index is 0.145. The molecule has 0 saturated heterocycles. The first-order chi connectivity index (χ1) is 9.08. The van der Waals surface area contributed by atoms with Crippen molar-refractivity contribution < 1.29 is 9.13 Å². The van der Waals surface area contributed by atoms with Gasteiger partial charge in [-0.05, 0) is 45.0 Å². The van der Waals surface area contributed by atoms with Crippen LogP contribution in [0.5, 0.6) is 5.75 Å². The number of hydrogen-bond donors (Lipinski definition) is 1. The fourth-order valence-corrected chi connectivity index (χ4v) is 2.89. The predicted molar refractivity (Wildman–Crippen MR) is 76.0 cm³/mol. The Hall–Kier alpha value is -1.09. The normalized spacial score (nSPS) is 25.8. The molecule has 2 rings (SSSR count). The number of nitrogens with one attached hydrogen (secondary N) is 1. The maximum absolute atomic E-state index is 13.4. The van der Waals surface area contributed by atoms with Crippen LogP contribution < -0.4 is 10.1 Å². The van der Waals surface area contributed by atoms with E-state index in [9.17, 15) is 4.39 Å². The molecule has 1 aromatic carbocycles. The average Bonchev–Trinajstić information content (AvgIpc) is 2.39. The lowest BCUT2D eigenvalue weighted by atomic mass is 9.85. The van der Waals surface area contributed by atoms with E-state index < -0.39 is 0 Å². The predicted octanol–water partition coefficient (Wildman–Crippen LogP) is 4.21. The first kappa shape index (κ1) is 14.3. The SMILES string of the molecule is CCCCCC1(C)CC(NC)c2cc(F)ccc2O1. The van der Waals surface area contributed by atoms with Crippen LogP contribution in [-0.2, 0) is 0 Å². The molecule has 0 radical (unpaired) electrons. The minimum Gasteiger partial charge on any atom is -0.487 e. The molecule has 1 heterocycles. The summed E-state index contributed by atoms with van der Waals surface area (Å²) in [6.07, 6.45) is 5.58. The number of hydrogen-bond acceptors (Lipinski definition) is 2. The van der Waals surface area contributed by atoms with Crippen LogP contribution in [0.15, 0.2) is 18.2 Å². The van der Waals surface area contributed by atoms with Crippen molar-refractivity contribution >= 4 is 0 Å². The van der Waals surface area contributed by atoms with E-state index in [0.29, 0.717) is 0 Å². The zero-order valence-corrected chi connectivity index (χ0v) is 12.1. The second-order valence-electron chi connectivity index (χ2n) is 5.74. The minimum atomic E-state index is -0.197. The molecule has 2 nitrogen and oxygen atoms in total. The maximum atomic E-state index is 13.4. The first-order valence-corrected chi connectivity index (χ1v) is 7.24. The van der Waals surface area contributed by atoms with Gasteiger partial charge in [0.05, 0.1) is 0 Å². The van der Waals surface area contributed by atoms with Gasteiger partial charge in [-0.1, -0.05) is 19.8 Å². The van der Waals surface area contributed by atoms with E-state index >= 15 is 0 Å². The third-order valence-corrected chi connectivity index (χ3v) is 4.00. The average molecular weight is 265 g/mol. The highest BCUT2D eigenvalue weighted by Crippen LogP contribution is 2.41. The topological polar surface area (TPSA) is 21.3 Å². The number of halogens is 1. The van der Waals surface area contributed by atoms with Crippen LogP contribution in [-0.4, -0.2) is 12.6 Å². The first-order valence-electron chi connectivity index (χ1n) is 7.24. The molecule has 106 valence electrons. The van der Waals surface area contributed by atoms with Gasteiger partial charge in [0.25, 0.3) is 0 Å². The Morgan fingerprint density at radius 2 is 2.21 bits per heavy atom. The zero-order chi connectivity index (χ0) is 13.9. The lowest BCUT2D eigenvalue weighted by Crippen LogP contribution is -2.41. The zero-order valence-electron chi connectivity index (χ0n) is 12.1. The summed E-state index contributed by atoms with van der Waals surface area (Å²) in [4.78, 5) is 0. The standard InChI is InChI=1S/C16H24FNO/c1-4-5-6-9-16(2)11-14(18-3)13-10-12(17)7-8-15(13)19-16/h7-8,10,14,18H,4-6,9,11H2,1-3H3. The molecule has 0 aliphatic carbocycles. The van der Waals surface area contributed by atoms with Crippen LogP contribution in [0.2, 0.25) is 0 Å². The molecule has 1 aliphatic heterocycles. The van der Waals surface area contributed by atoms with Crippen LogP contribution in [0.3, 0.4) is 0 Å². The molecule has 1 aromatic rings. The summed E-state index contributed by atoms with van der Waals surface area (Å²) in [5, 5.41) is 3.29. The largest absolute Gasteiger partial charge is 0.487 e. The molecule has 19 heavy (non-hydrogen) atoms. The van der Waals surface area contributed by atoms with Gasteiger partial charge < -0.3 is 10.1 Å². The Balaban J connectivity index is 2.18. The van der Waals surface area contributed by atoms with Gasteiger partial charge in [0.15, 0.2) is 0 Å². The second-order valence-corrected chi connectivity index (χ2v) is 5.74. The van der Waals surface area contributed by atoms with Crippen LogP contribution in [0.4, 0.5) is 4.39 Å². The van der Waals surface area contributed by atoms with E-state index in [4.69, 9.17) is 4.74 Å². The molecule has 0 saturated carbocycles. The molecule has 0 fully saturated rings. The summed E-state index contributed by atoms with van der Waals surface area (Å²) in [5.41, 5.74) is 0.795. The fraction of sp³-hybridized carbons (Fsp3) is 0.625. The van der Waals surface area contributed by atoms with Crippen LogP contribution in [0, 0.1) is 5.82 Å². The molecule has 2 atom stereocenters. The lowest BCUT2D eigenvalue weighted by Gasteiger charge is -2.40. The summed E-state index contributed by atoms with van der Waals surface area (Å²) in [6, 6.07) is 4.99. The smallest absolute Gasteiger partial charge is 0.125 e. The number of ether oxygens (including phenoxy) is 1. The molecule has 0 aromatic heterocycles. The Morgan fingerprint density at radius 3 is 2.89 bits per heavy atom. The molecular weight excluding hydrogens is 241 g/mol. The van der Waals surface area contributed by atoms with Crippen LogP contribution in [0.25, 0.3) is 0 Å². The Labute approximate surface area is 115 Å². The monoisotopic (exact) mass is 265 g/mol. The van der Waals surface area contributed by atoms with Crippen molar-refractivity contribution in [2.24, 2.45) is 0 Å². The Bertz CT molecular complexity index is 435. The van der Waals surface area contributed by atoms with Gasteiger partial charge in [0.1, 0.15) is 17.2 Å². The van der Waals surface area contributed by atoms with Crippen molar-refractivity contribution in [3.8, 4) is 5.75 Å². The van der Waals surface area contributed by atoms with E-state index in [1.165, 1.54) is 25.3 Å². The van der Waals surface area contributed by atoms with E-state index in [-0.39, 0.29) is 17.5 Å². The number of rotatable bonds is 5. The fourth-order valence-electron chi connectivity index (χ4n) is 2.89. The number of benzene rings is 1. The summed E-state index contributed by atoms with van der Waals surface area (Å²) >= 11 is 0. The third-order valence-electron chi connectivity index (χ3n) is 4.00. The van der Waals surface area contributed by atoms with Crippen LogP contribution >= 0.6 is 0 Å². The molecule has 1 aliphatic rings. The van der Waals surface area contributed by atoms with Crippen molar-refractivity contribution in [2.45, 2.75) is 57.6 Å². The van der Waals surface area contributed by atoms with Crippen molar-refractivity contribution in [1.82, 2.24) is 5.32 Å². The van der Waals surface area contributed by atoms with Gasteiger partial charge in [-0.15, -0.1) is 0 Å². The summed E-state index contributed by atoms with van der Waals surface area (Å²) in [5.74, 6) is 0.628. The van der Waals surface area contributed by atoms with Gasteiger partial charge in [-0.25, -0.2) is 4.39 Å². The molecule has 0 spiro atoms.